The number of fused-ring (bicyclic) bond motifs is 5. The third kappa shape index (κ3) is 2.67. The average molecular weight is 345 g/mol. The van der Waals surface area contributed by atoms with Gasteiger partial charge in [-0.05, 0) is 42.3 Å². The lowest BCUT2D eigenvalue weighted by Gasteiger charge is -2.15. The molecule has 1 aromatic heterocycles. The largest absolute Gasteiger partial charge is 0.490 e. The van der Waals surface area contributed by atoms with Gasteiger partial charge in [-0.2, -0.15) is 13.2 Å². The Kier molecular flexibility index (Phi) is 3.39. The van der Waals surface area contributed by atoms with Gasteiger partial charge in [-0.15, -0.1) is 0 Å². The Morgan fingerprint density at radius 3 is 2.60 bits per heavy atom. The maximum Gasteiger partial charge on any atom is 0.416 e. The van der Waals surface area contributed by atoms with E-state index >= 15 is 0 Å². The first kappa shape index (κ1) is 15.7. The molecule has 1 aliphatic heterocycles. The third-order valence-corrected chi connectivity index (χ3v) is 4.44. The minimum absolute atomic E-state index is 0.194. The quantitative estimate of drug-likeness (QED) is 0.650. The summed E-state index contributed by atoms with van der Waals surface area (Å²) in [6.07, 6.45) is -4.17. The van der Waals surface area contributed by atoms with Crippen molar-refractivity contribution in [2.24, 2.45) is 0 Å². The van der Waals surface area contributed by atoms with Crippen molar-refractivity contribution in [2.75, 3.05) is 0 Å². The van der Waals surface area contributed by atoms with Crippen LogP contribution in [0.15, 0.2) is 47.3 Å². The lowest BCUT2D eigenvalue weighted by atomic mass is 9.93. The Balaban J connectivity index is 1.99. The van der Waals surface area contributed by atoms with Crippen molar-refractivity contribution < 1.29 is 17.9 Å². The number of alkyl halides is 3. The summed E-state index contributed by atoms with van der Waals surface area (Å²) in [6, 6.07) is 10.4. The van der Waals surface area contributed by atoms with E-state index in [1.165, 1.54) is 12.1 Å². The molecule has 0 radical (unpaired) electrons. The van der Waals surface area contributed by atoms with Gasteiger partial charge in [-0.1, -0.05) is 12.1 Å². The number of halogens is 3. The molecule has 0 spiro atoms. The zero-order valence-corrected chi connectivity index (χ0v) is 13.3. The van der Waals surface area contributed by atoms with Crippen molar-refractivity contribution >= 4 is 10.9 Å². The monoisotopic (exact) mass is 345 g/mol. The topological polar surface area (TPSA) is 42.1 Å². The molecule has 25 heavy (non-hydrogen) atoms. The summed E-state index contributed by atoms with van der Waals surface area (Å²) >= 11 is 0. The van der Waals surface area contributed by atoms with E-state index in [0.29, 0.717) is 17.5 Å². The van der Waals surface area contributed by atoms with E-state index < -0.39 is 11.7 Å². The van der Waals surface area contributed by atoms with Gasteiger partial charge in [0.1, 0.15) is 5.75 Å². The molecule has 0 fully saturated rings. The molecule has 0 bridgehead atoms. The maximum atomic E-state index is 13.0. The zero-order valence-electron chi connectivity index (χ0n) is 13.3. The Hall–Kier alpha value is -2.76. The predicted octanol–water partition coefficient (Wildman–Crippen LogP) is 4.54. The van der Waals surface area contributed by atoms with E-state index in [9.17, 15) is 18.0 Å². The highest BCUT2D eigenvalue weighted by molar-refractivity contribution is 5.91. The molecule has 0 saturated carbocycles. The molecule has 0 unspecified atom stereocenters. The number of H-pyrrole nitrogens is 1. The SMILES string of the molecule is C[C@H]1Cc2c(ccc3[nH]c(=O)ccc23)-c2ccc(C(F)(F)F)cc2O1. The molecule has 0 aliphatic carbocycles. The summed E-state index contributed by atoms with van der Waals surface area (Å²) in [6.45, 7) is 1.82. The summed E-state index contributed by atoms with van der Waals surface area (Å²) in [7, 11) is 0. The van der Waals surface area contributed by atoms with E-state index in [4.69, 9.17) is 4.74 Å². The standard InChI is InChI=1S/C19H14F3NO2/c1-10-8-15-12(4-6-16-13(15)5-7-18(24)23-16)14-3-2-11(19(20,21)22)9-17(14)25-10/h2-7,9-10H,8H2,1H3,(H,23,24)/t10-/m0/s1. The van der Waals surface area contributed by atoms with Crippen LogP contribution in [0.2, 0.25) is 0 Å². The number of benzene rings is 2. The Morgan fingerprint density at radius 2 is 1.84 bits per heavy atom. The highest BCUT2D eigenvalue weighted by atomic mass is 19.4. The van der Waals surface area contributed by atoms with Gasteiger partial charge in [-0.3, -0.25) is 4.79 Å². The Morgan fingerprint density at radius 1 is 1.08 bits per heavy atom. The number of aromatic amines is 1. The number of nitrogens with one attached hydrogen (secondary N) is 1. The van der Waals surface area contributed by atoms with Gasteiger partial charge in [-0.25, -0.2) is 0 Å². The fraction of sp³-hybridized carbons (Fsp3) is 0.211. The van der Waals surface area contributed by atoms with Crippen molar-refractivity contribution in [3.8, 4) is 16.9 Å². The summed E-state index contributed by atoms with van der Waals surface area (Å²) in [5.74, 6) is 0.227. The summed E-state index contributed by atoms with van der Waals surface area (Å²) in [5, 5.41) is 0.875. The van der Waals surface area contributed by atoms with E-state index in [-0.39, 0.29) is 17.4 Å². The van der Waals surface area contributed by atoms with Crippen LogP contribution in [0, 0.1) is 0 Å². The van der Waals surface area contributed by atoms with Crippen LogP contribution < -0.4 is 10.3 Å². The molecule has 2 aromatic carbocycles. The normalized spacial score (nSPS) is 16.7. The van der Waals surface area contributed by atoms with Gasteiger partial charge in [0.2, 0.25) is 5.56 Å². The third-order valence-electron chi connectivity index (χ3n) is 4.44. The zero-order chi connectivity index (χ0) is 17.8. The highest BCUT2D eigenvalue weighted by Crippen LogP contribution is 2.42. The summed E-state index contributed by atoms with van der Waals surface area (Å²) < 4.78 is 44.8. The molecule has 3 nitrogen and oxygen atoms in total. The van der Waals surface area contributed by atoms with Crippen LogP contribution in [-0.4, -0.2) is 11.1 Å². The number of pyridine rings is 1. The molecular weight excluding hydrogens is 331 g/mol. The van der Waals surface area contributed by atoms with Crippen LogP contribution in [0.1, 0.15) is 18.1 Å². The predicted molar refractivity (Wildman–Crippen MR) is 88.8 cm³/mol. The minimum atomic E-state index is -4.42. The van der Waals surface area contributed by atoms with Crippen LogP contribution in [-0.2, 0) is 12.6 Å². The number of rotatable bonds is 0. The lowest BCUT2D eigenvalue weighted by molar-refractivity contribution is -0.137. The maximum absolute atomic E-state index is 13.0. The molecule has 128 valence electrons. The molecule has 2 heterocycles. The van der Waals surface area contributed by atoms with Gasteiger partial charge in [0.05, 0.1) is 11.7 Å². The Labute approximate surface area is 141 Å². The van der Waals surface area contributed by atoms with Gasteiger partial charge >= 0.3 is 6.18 Å². The van der Waals surface area contributed by atoms with Crippen molar-refractivity contribution in [1.29, 1.82) is 0 Å². The van der Waals surface area contributed by atoms with Gasteiger partial charge in [0.25, 0.3) is 0 Å². The first-order valence-corrected chi connectivity index (χ1v) is 7.86. The number of aromatic nitrogens is 1. The van der Waals surface area contributed by atoms with Crippen LogP contribution in [0.5, 0.6) is 5.75 Å². The molecule has 0 saturated heterocycles. The number of hydrogen-bond donors (Lipinski definition) is 1. The van der Waals surface area contributed by atoms with Gasteiger partial charge < -0.3 is 9.72 Å². The second-order valence-corrected chi connectivity index (χ2v) is 6.22. The highest BCUT2D eigenvalue weighted by Gasteiger charge is 2.32. The van der Waals surface area contributed by atoms with Crippen molar-refractivity contribution in [3.63, 3.8) is 0 Å². The molecule has 1 aliphatic rings. The molecule has 0 amide bonds. The number of ether oxygens (including phenoxy) is 1. The Bertz CT molecular complexity index is 1040. The van der Waals surface area contributed by atoms with Gasteiger partial charge in [0, 0.05) is 29.0 Å². The van der Waals surface area contributed by atoms with Crippen molar-refractivity contribution in [1.82, 2.24) is 4.98 Å². The minimum Gasteiger partial charge on any atom is -0.490 e. The number of hydrogen-bond acceptors (Lipinski definition) is 2. The van der Waals surface area contributed by atoms with E-state index in [1.807, 2.05) is 13.0 Å². The second-order valence-electron chi connectivity index (χ2n) is 6.22. The van der Waals surface area contributed by atoms with E-state index in [0.717, 1.165) is 28.6 Å². The van der Waals surface area contributed by atoms with Crippen LogP contribution in [0.4, 0.5) is 13.2 Å². The smallest absolute Gasteiger partial charge is 0.416 e. The summed E-state index contributed by atoms with van der Waals surface area (Å²) in [4.78, 5) is 14.3. The molecule has 4 rings (SSSR count). The fourth-order valence-electron chi connectivity index (χ4n) is 3.33. The van der Waals surface area contributed by atoms with Gasteiger partial charge in [0.15, 0.2) is 0 Å². The second kappa shape index (κ2) is 5.37. The molecular formula is C19H14F3NO2. The average Bonchev–Trinajstić information content (AvgIpc) is 2.68. The van der Waals surface area contributed by atoms with Crippen molar-refractivity contribution in [2.45, 2.75) is 25.6 Å². The molecule has 1 atom stereocenters. The van der Waals surface area contributed by atoms with Crippen LogP contribution >= 0.6 is 0 Å². The van der Waals surface area contributed by atoms with Crippen LogP contribution in [0.3, 0.4) is 0 Å². The molecule has 3 aromatic rings. The van der Waals surface area contributed by atoms with Crippen molar-refractivity contribution in [3.05, 3.63) is 63.9 Å². The van der Waals surface area contributed by atoms with Crippen LogP contribution in [0.25, 0.3) is 22.0 Å². The summed E-state index contributed by atoms with van der Waals surface area (Å²) in [5.41, 5.74) is 2.19. The van der Waals surface area contributed by atoms with E-state index in [1.54, 1.807) is 12.1 Å². The first-order valence-electron chi connectivity index (χ1n) is 7.86. The fourth-order valence-corrected chi connectivity index (χ4v) is 3.33. The lowest BCUT2D eigenvalue weighted by Crippen LogP contribution is -2.14. The molecule has 6 heteroatoms. The van der Waals surface area contributed by atoms with E-state index in [2.05, 4.69) is 4.98 Å². The first-order chi connectivity index (χ1) is 11.8. The molecule has 1 N–H and O–H groups in total.